The fourth-order valence-electron chi connectivity index (χ4n) is 2.28. The average Bonchev–Trinajstić information content (AvgIpc) is 2.89. The molecule has 0 aliphatic carbocycles. The number of nitro groups is 1. The van der Waals surface area contributed by atoms with Crippen LogP contribution in [-0.2, 0) is 0 Å². The van der Waals surface area contributed by atoms with Crippen molar-refractivity contribution in [2.24, 2.45) is 5.10 Å². The lowest BCUT2D eigenvalue weighted by Gasteiger charge is -2.20. The Kier molecular flexibility index (Phi) is 3.63. The summed E-state index contributed by atoms with van der Waals surface area (Å²) < 4.78 is 5.99. The molecule has 1 aromatic heterocycles. The summed E-state index contributed by atoms with van der Waals surface area (Å²) in [5.74, 6) is 0.892. The summed E-state index contributed by atoms with van der Waals surface area (Å²) in [5, 5.41) is 15.2. The lowest BCUT2D eigenvalue weighted by Crippen LogP contribution is -2.30. The highest BCUT2D eigenvalue weighted by Gasteiger charge is 2.27. The molecule has 1 unspecified atom stereocenters. The van der Waals surface area contributed by atoms with Crippen molar-refractivity contribution in [2.45, 2.75) is 6.92 Å². The van der Waals surface area contributed by atoms with E-state index in [4.69, 9.17) is 4.74 Å². The van der Waals surface area contributed by atoms with Crippen molar-refractivity contribution in [3.63, 3.8) is 0 Å². The predicted octanol–water partition coefficient (Wildman–Crippen LogP) is 3.62. The van der Waals surface area contributed by atoms with Crippen LogP contribution in [-0.4, -0.2) is 22.7 Å². The molecule has 0 saturated heterocycles. The van der Waals surface area contributed by atoms with E-state index in [9.17, 15) is 10.1 Å². The van der Waals surface area contributed by atoms with Crippen molar-refractivity contribution in [2.75, 3.05) is 7.05 Å². The molecule has 0 amide bonds. The lowest BCUT2D eigenvalue weighted by molar-refractivity contribution is -0.385. The Morgan fingerprint density at radius 2 is 2.09 bits per heavy atom. The van der Waals surface area contributed by atoms with E-state index >= 15 is 0 Å². The number of nitrogens with zero attached hydrogens (tertiary/aromatic N) is 4. The second kappa shape index (κ2) is 5.62. The van der Waals surface area contributed by atoms with Crippen LogP contribution in [0.15, 0.2) is 60.0 Å². The molecule has 7 nitrogen and oxygen atoms in total. The maximum absolute atomic E-state index is 10.6. The minimum absolute atomic E-state index is 0.0730. The molecule has 0 N–H and O–H groups in total. The minimum atomic E-state index is -0.498. The average molecular weight is 311 g/mol. The SMILES string of the molecule is CC1=N[N+](C)(c2cccc(Oc3ccc([N+](=O)[O-])cn3)c2)C=C1. The maximum atomic E-state index is 10.6. The van der Waals surface area contributed by atoms with Gasteiger partial charge in [0.1, 0.15) is 25.2 Å². The Labute approximate surface area is 132 Å². The van der Waals surface area contributed by atoms with Crippen molar-refractivity contribution < 1.29 is 9.66 Å². The van der Waals surface area contributed by atoms with Gasteiger partial charge in [-0.3, -0.25) is 10.1 Å². The molecule has 0 spiro atoms. The van der Waals surface area contributed by atoms with Gasteiger partial charge in [0, 0.05) is 30.3 Å². The van der Waals surface area contributed by atoms with E-state index in [-0.39, 0.29) is 5.69 Å². The van der Waals surface area contributed by atoms with Crippen LogP contribution in [0.25, 0.3) is 0 Å². The summed E-state index contributed by atoms with van der Waals surface area (Å²) in [6.45, 7) is 1.95. The van der Waals surface area contributed by atoms with E-state index in [0.29, 0.717) is 16.2 Å². The summed E-state index contributed by atoms with van der Waals surface area (Å²) in [6.07, 6.45) is 5.12. The van der Waals surface area contributed by atoms with Crippen LogP contribution >= 0.6 is 0 Å². The van der Waals surface area contributed by atoms with E-state index in [1.165, 1.54) is 18.3 Å². The van der Waals surface area contributed by atoms with E-state index in [1.54, 1.807) is 6.07 Å². The van der Waals surface area contributed by atoms with Crippen molar-refractivity contribution in [3.05, 3.63) is 65.0 Å². The Bertz CT molecular complexity index is 814. The van der Waals surface area contributed by atoms with Gasteiger partial charge in [0.25, 0.3) is 5.69 Å². The van der Waals surface area contributed by atoms with Crippen molar-refractivity contribution in [1.82, 2.24) is 9.58 Å². The van der Waals surface area contributed by atoms with E-state index in [1.807, 2.05) is 44.4 Å². The molecular formula is C16H15N4O3+. The molecule has 0 bridgehead atoms. The Hall–Kier alpha value is -3.06. The molecule has 116 valence electrons. The summed E-state index contributed by atoms with van der Waals surface area (Å²) >= 11 is 0. The third-order valence-electron chi connectivity index (χ3n) is 3.47. The molecule has 23 heavy (non-hydrogen) atoms. The number of hydrogen-bond acceptors (Lipinski definition) is 5. The van der Waals surface area contributed by atoms with Crippen LogP contribution in [0.3, 0.4) is 0 Å². The van der Waals surface area contributed by atoms with Gasteiger partial charge < -0.3 is 4.74 Å². The number of aromatic nitrogens is 1. The molecule has 7 heteroatoms. The zero-order chi connectivity index (χ0) is 16.4. The number of pyridine rings is 1. The molecule has 0 saturated carbocycles. The number of allylic oxidation sites excluding steroid dienone is 1. The Morgan fingerprint density at radius 1 is 1.26 bits per heavy atom. The molecule has 2 aromatic rings. The zero-order valence-electron chi connectivity index (χ0n) is 12.7. The third kappa shape index (κ3) is 3.09. The number of rotatable bonds is 4. The predicted molar refractivity (Wildman–Crippen MR) is 87.4 cm³/mol. The van der Waals surface area contributed by atoms with E-state index in [0.717, 1.165) is 11.4 Å². The van der Waals surface area contributed by atoms with Crippen molar-refractivity contribution in [3.8, 4) is 11.6 Å². The van der Waals surface area contributed by atoms with Gasteiger partial charge in [0.05, 0.1) is 10.6 Å². The fraction of sp³-hybridized carbons (Fsp3) is 0.125. The highest BCUT2D eigenvalue weighted by molar-refractivity contribution is 5.95. The molecule has 1 aliphatic rings. The molecule has 2 heterocycles. The molecule has 0 fully saturated rings. The first-order valence-corrected chi connectivity index (χ1v) is 6.97. The summed E-state index contributed by atoms with van der Waals surface area (Å²) in [6, 6.07) is 10.3. The molecule has 1 atom stereocenters. The molecule has 1 aliphatic heterocycles. The van der Waals surface area contributed by atoms with Crippen LogP contribution in [0.5, 0.6) is 11.6 Å². The number of quaternary nitrogens is 1. The third-order valence-corrected chi connectivity index (χ3v) is 3.47. The summed E-state index contributed by atoms with van der Waals surface area (Å²) in [7, 11) is 1.97. The van der Waals surface area contributed by atoms with Gasteiger partial charge in [-0.25, -0.2) is 4.98 Å². The fourth-order valence-corrected chi connectivity index (χ4v) is 2.28. The van der Waals surface area contributed by atoms with Gasteiger partial charge in [-0.05, 0) is 13.0 Å². The number of hydrogen-bond donors (Lipinski definition) is 0. The van der Waals surface area contributed by atoms with Gasteiger partial charge in [-0.1, -0.05) is 11.2 Å². The Balaban J connectivity index is 1.83. The monoisotopic (exact) mass is 311 g/mol. The lowest BCUT2D eigenvalue weighted by atomic mass is 10.2. The van der Waals surface area contributed by atoms with Crippen LogP contribution in [0.1, 0.15) is 6.92 Å². The highest BCUT2D eigenvalue weighted by Crippen LogP contribution is 2.31. The highest BCUT2D eigenvalue weighted by atomic mass is 16.6. The Morgan fingerprint density at radius 3 is 2.70 bits per heavy atom. The topological polar surface area (TPSA) is 77.6 Å². The first-order valence-electron chi connectivity index (χ1n) is 6.97. The standard InChI is InChI=1S/C16H15N4O3/c1-12-8-9-20(2,18-12)14-4-3-5-15(10-14)23-16-7-6-13(11-17-16)19(21)22/h3-11H,1-2H3/q+1. The first kappa shape index (κ1) is 14.9. The van der Waals surface area contributed by atoms with Crippen molar-refractivity contribution in [1.29, 1.82) is 0 Å². The molecule has 1 aromatic carbocycles. The largest absolute Gasteiger partial charge is 0.439 e. The van der Waals surface area contributed by atoms with Crippen LogP contribution in [0.4, 0.5) is 11.4 Å². The van der Waals surface area contributed by atoms with Gasteiger partial charge >= 0.3 is 0 Å². The van der Waals surface area contributed by atoms with Crippen LogP contribution < -0.4 is 9.33 Å². The minimum Gasteiger partial charge on any atom is -0.439 e. The normalized spacial score (nSPS) is 19.5. The second-order valence-electron chi connectivity index (χ2n) is 5.29. The smallest absolute Gasteiger partial charge is 0.287 e. The molecular weight excluding hydrogens is 296 g/mol. The first-order chi connectivity index (χ1) is 11.0. The quantitative estimate of drug-likeness (QED) is 0.491. The van der Waals surface area contributed by atoms with Gasteiger partial charge in [0.15, 0.2) is 5.69 Å². The van der Waals surface area contributed by atoms with Crippen LogP contribution in [0.2, 0.25) is 0 Å². The van der Waals surface area contributed by atoms with Gasteiger partial charge in [-0.15, -0.1) is 4.59 Å². The maximum Gasteiger partial charge on any atom is 0.287 e. The van der Waals surface area contributed by atoms with Gasteiger partial charge in [0.2, 0.25) is 5.88 Å². The number of benzene rings is 1. The van der Waals surface area contributed by atoms with E-state index < -0.39 is 4.92 Å². The number of ether oxygens (including phenoxy) is 1. The van der Waals surface area contributed by atoms with E-state index in [2.05, 4.69) is 10.1 Å². The second-order valence-corrected chi connectivity index (χ2v) is 5.29. The summed E-state index contributed by atoms with van der Waals surface area (Å²) in [5.41, 5.74) is 1.82. The zero-order valence-corrected chi connectivity index (χ0v) is 12.7. The van der Waals surface area contributed by atoms with Crippen LogP contribution in [0, 0.1) is 10.1 Å². The summed E-state index contributed by atoms with van der Waals surface area (Å²) in [4.78, 5) is 14.1. The van der Waals surface area contributed by atoms with Gasteiger partial charge in [-0.2, -0.15) is 0 Å². The molecule has 0 radical (unpaired) electrons. The van der Waals surface area contributed by atoms with Crippen molar-refractivity contribution >= 4 is 17.1 Å². The molecule has 3 rings (SSSR count).